The molecule has 6 heteroatoms. The Balaban J connectivity index is 0.00000208. The molecular weight excluding hydrogens is 345 g/mol. The number of anilines is 1. The van der Waals surface area contributed by atoms with E-state index in [1.165, 1.54) is 5.56 Å². The molecule has 4 nitrogen and oxygen atoms in total. The Morgan fingerprint density at radius 1 is 1.04 bits per heavy atom. The lowest BCUT2D eigenvalue weighted by atomic mass is 10.1. The highest BCUT2D eigenvalue weighted by atomic mass is 35.5. The van der Waals surface area contributed by atoms with Gasteiger partial charge < -0.3 is 10.6 Å². The number of hydrogen-bond acceptors (Lipinski definition) is 3. The minimum absolute atomic E-state index is 0. The minimum Gasteiger partial charge on any atom is -0.399 e. The first-order valence-electron chi connectivity index (χ1n) is 7.73. The summed E-state index contributed by atoms with van der Waals surface area (Å²) in [6, 6.07) is 15.0. The molecule has 2 N–H and O–H groups in total. The van der Waals surface area contributed by atoms with Crippen molar-refractivity contribution in [2.24, 2.45) is 0 Å². The number of carbonyl (C=O) groups excluding carboxylic acids is 1. The van der Waals surface area contributed by atoms with Crippen molar-refractivity contribution in [3.8, 4) is 0 Å². The quantitative estimate of drug-likeness (QED) is 0.848. The van der Waals surface area contributed by atoms with E-state index in [-0.39, 0.29) is 18.3 Å². The maximum Gasteiger partial charge on any atom is 0.253 e. The fourth-order valence-electron chi connectivity index (χ4n) is 2.83. The molecule has 2 aromatic carbocycles. The van der Waals surface area contributed by atoms with Crippen molar-refractivity contribution in [2.75, 3.05) is 31.9 Å². The Hall–Kier alpha value is -1.75. The molecule has 0 saturated carbocycles. The second kappa shape index (κ2) is 8.38. The molecule has 0 aromatic heterocycles. The summed E-state index contributed by atoms with van der Waals surface area (Å²) in [6.07, 6.45) is 0. The fraction of sp³-hybridized carbons (Fsp3) is 0.278. The summed E-state index contributed by atoms with van der Waals surface area (Å²) in [5, 5.41) is 0.647. The van der Waals surface area contributed by atoms with E-state index in [0.29, 0.717) is 10.6 Å². The Kier molecular flexibility index (Phi) is 6.49. The number of nitrogen functional groups attached to an aromatic ring is 1. The lowest BCUT2D eigenvalue weighted by Crippen LogP contribution is -2.48. The topological polar surface area (TPSA) is 49.6 Å². The third-order valence-electron chi connectivity index (χ3n) is 4.11. The molecule has 1 fully saturated rings. The van der Waals surface area contributed by atoms with E-state index in [2.05, 4.69) is 11.0 Å². The molecule has 0 unspecified atom stereocenters. The third kappa shape index (κ3) is 4.63. The van der Waals surface area contributed by atoms with Gasteiger partial charge in [0, 0.05) is 49.0 Å². The van der Waals surface area contributed by atoms with Gasteiger partial charge in [-0.15, -0.1) is 12.4 Å². The van der Waals surface area contributed by atoms with E-state index in [0.717, 1.165) is 38.4 Å². The van der Waals surface area contributed by atoms with Gasteiger partial charge in [-0.05, 0) is 42.0 Å². The smallest absolute Gasteiger partial charge is 0.253 e. The van der Waals surface area contributed by atoms with Crippen LogP contribution in [0.1, 0.15) is 15.9 Å². The van der Waals surface area contributed by atoms with Crippen LogP contribution in [0.15, 0.2) is 48.5 Å². The molecule has 0 atom stereocenters. The highest BCUT2D eigenvalue weighted by molar-refractivity contribution is 6.30. The van der Waals surface area contributed by atoms with Crippen LogP contribution in [0.25, 0.3) is 0 Å². The van der Waals surface area contributed by atoms with Gasteiger partial charge in [-0.25, -0.2) is 0 Å². The van der Waals surface area contributed by atoms with E-state index >= 15 is 0 Å². The lowest BCUT2D eigenvalue weighted by molar-refractivity contribution is 0.0628. The molecule has 24 heavy (non-hydrogen) atoms. The van der Waals surface area contributed by atoms with Crippen LogP contribution in [-0.2, 0) is 6.54 Å². The molecule has 2 aromatic rings. The van der Waals surface area contributed by atoms with E-state index in [4.69, 9.17) is 17.3 Å². The number of halogens is 2. The molecule has 128 valence electrons. The number of rotatable bonds is 3. The number of amides is 1. The maximum absolute atomic E-state index is 12.5. The Morgan fingerprint density at radius 3 is 2.33 bits per heavy atom. The summed E-state index contributed by atoms with van der Waals surface area (Å²) in [5.41, 5.74) is 8.51. The van der Waals surface area contributed by atoms with Gasteiger partial charge in [-0.1, -0.05) is 23.7 Å². The molecule has 1 aliphatic rings. The van der Waals surface area contributed by atoms with Crippen LogP contribution < -0.4 is 5.73 Å². The predicted octanol–water partition coefficient (Wildman–Crippen LogP) is 3.30. The van der Waals surface area contributed by atoms with Crippen molar-refractivity contribution in [3.05, 3.63) is 64.7 Å². The number of nitrogens with two attached hydrogens (primary N) is 1. The number of carbonyl (C=O) groups is 1. The lowest BCUT2D eigenvalue weighted by Gasteiger charge is -2.34. The van der Waals surface area contributed by atoms with E-state index in [9.17, 15) is 4.79 Å². The molecular formula is C18H21Cl2N3O. The SMILES string of the molecule is Cl.Nc1cccc(CN2CCN(C(=O)c3ccc(Cl)cc3)CC2)c1. The van der Waals surface area contributed by atoms with Crippen LogP contribution in [0.4, 0.5) is 5.69 Å². The minimum atomic E-state index is 0. The molecule has 1 heterocycles. The van der Waals surface area contributed by atoms with Crippen LogP contribution in [0.3, 0.4) is 0 Å². The van der Waals surface area contributed by atoms with Gasteiger partial charge in [0.2, 0.25) is 0 Å². The normalized spacial score (nSPS) is 15.0. The van der Waals surface area contributed by atoms with Gasteiger partial charge in [0.15, 0.2) is 0 Å². The van der Waals surface area contributed by atoms with Gasteiger partial charge in [0.05, 0.1) is 0 Å². The first kappa shape index (κ1) is 18.6. The van der Waals surface area contributed by atoms with Crippen molar-refractivity contribution in [3.63, 3.8) is 0 Å². The molecule has 0 spiro atoms. The summed E-state index contributed by atoms with van der Waals surface area (Å²) in [7, 11) is 0. The van der Waals surface area contributed by atoms with Gasteiger partial charge in [-0.3, -0.25) is 9.69 Å². The number of piperazine rings is 1. The Bertz CT molecular complexity index is 683. The zero-order valence-corrected chi connectivity index (χ0v) is 14.9. The van der Waals surface area contributed by atoms with E-state index in [1.54, 1.807) is 24.3 Å². The van der Waals surface area contributed by atoms with Crippen molar-refractivity contribution in [2.45, 2.75) is 6.54 Å². The first-order chi connectivity index (χ1) is 11.1. The number of benzene rings is 2. The largest absolute Gasteiger partial charge is 0.399 e. The molecule has 1 amide bonds. The van der Waals surface area contributed by atoms with E-state index in [1.807, 2.05) is 23.1 Å². The first-order valence-corrected chi connectivity index (χ1v) is 8.11. The van der Waals surface area contributed by atoms with Gasteiger partial charge in [-0.2, -0.15) is 0 Å². The molecule has 0 radical (unpaired) electrons. The van der Waals surface area contributed by atoms with Gasteiger partial charge in [0.1, 0.15) is 0 Å². The van der Waals surface area contributed by atoms with Crippen molar-refractivity contribution >= 4 is 35.6 Å². The average Bonchev–Trinajstić information content (AvgIpc) is 2.56. The second-order valence-electron chi connectivity index (χ2n) is 5.82. The third-order valence-corrected chi connectivity index (χ3v) is 4.36. The molecule has 0 aliphatic carbocycles. The second-order valence-corrected chi connectivity index (χ2v) is 6.26. The number of hydrogen-bond donors (Lipinski definition) is 1. The standard InChI is InChI=1S/C18H20ClN3O.ClH/c19-16-6-4-15(5-7-16)18(23)22-10-8-21(9-11-22)13-14-2-1-3-17(20)12-14;/h1-7,12H,8-11,13,20H2;1H. The Labute approximate surface area is 153 Å². The summed E-state index contributed by atoms with van der Waals surface area (Å²) in [6.45, 7) is 4.09. The average molecular weight is 366 g/mol. The predicted molar refractivity (Wildman–Crippen MR) is 101 cm³/mol. The number of nitrogens with zero attached hydrogens (tertiary/aromatic N) is 2. The van der Waals surface area contributed by atoms with Gasteiger partial charge in [0.25, 0.3) is 5.91 Å². The zero-order valence-electron chi connectivity index (χ0n) is 13.3. The van der Waals surface area contributed by atoms with Crippen LogP contribution >= 0.6 is 24.0 Å². The highest BCUT2D eigenvalue weighted by Crippen LogP contribution is 2.15. The van der Waals surface area contributed by atoms with Crippen LogP contribution in [-0.4, -0.2) is 41.9 Å². The maximum atomic E-state index is 12.5. The molecule has 1 aliphatic heterocycles. The molecule has 1 saturated heterocycles. The molecule has 0 bridgehead atoms. The summed E-state index contributed by atoms with van der Waals surface area (Å²) < 4.78 is 0. The van der Waals surface area contributed by atoms with E-state index < -0.39 is 0 Å². The van der Waals surface area contributed by atoms with Crippen molar-refractivity contribution in [1.82, 2.24) is 9.80 Å². The summed E-state index contributed by atoms with van der Waals surface area (Å²) >= 11 is 5.87. The molecule has 3 rings (SSSR count). The highest BCUT2D eigenvalue weighted by Gasteiger charge is 2.22. The summed E-state index contributed by atoms with van der Waals surface area (Å²) in [5.74, 6) is 0.0743. The summed E-state index contributed by atoms with van der Waals surface area (Å²) in [4.78, 5) is 16.7. The van der Waals surface area contributed by atoms with Gasteiger partial charge >= 0.3 is 0 Å². The van der Waals surface area contributed by atoms with Crippen LogP contribution in [0.2, 0.25) is 5.02 Å². The zero-order chi connectivity index (χ0) is 16.2. The monoisotopic (exact) mass is 365 g/mol. The Morgan fingerprint density at radius 2 is 1.71 bits per heavy atom. The van der Waals surface area contributed by atoms with Crippen LogP contribution in [0, 0.1) is 0 Å². The fourth-order valence-corrected chi connectivity index (χ4v) is 2.96. The van der Waals surface area contributed by atoms with Crippen molar-refractivity contribution in [1.29, 1.82) is 0 Å². The van der Waals surface area contributed by atoms with Crippen molar-refractivity contribution < 1.29 is 4.79 Å². The van der Waals surface area contributed by atoms with Crippen LogP contribution in [0.5, 0.6) is 0 Å².